The second-order valence-electron chi connectivity index (χ2n) is 11.2. The van der Waals surface area contributed by atoms with Crippen molar-refractivity contribution in [3.8, 4) is 0 Å². The van der Waals surface area contributed by atoms with Gasteiger partial charge in [0.2, 0.25) is 0 Å². The molecule has 5 heterocycles. The molecule has 2 aromatic rings. The van der Waals surface area contributed by atoms with Crippen LogP contribution in [0, 0.1) is 0 Å². The first kappa shape index (κ1) is 23.8. The molecule has 186 valence electrons. The molecule has 6 rings (SSSR count). The van der Waals surface area contributed by atoms with Gasteiger partial charge in [-0.3, -0.25) is 9.48 Å². The first-order chi connectivity index (χ1) is 16.4. The van der Waals surface area contributed by atoms with Gasteiger partial charge >= 0.3 is 0 Å². The maximum atomic E-state index is 12.7. The molecule has 3 N–H and O–H groups in total. The first-order valence-electron chi connectivity index (χ1n) is 13.3. The van der Waals surface area contributed by atoms with Crippen molar-refractivity contribution in [2.24, 2.45) is 12.8 Å². The van der Waals surface area contributed by atoms with Crippen molar-refractivity contribution in [1.82, 2.24) is 24.9 Å². The number of piperidine rings is 4. The summed E-state index contributed by atoms with van der Waals surface area (Å²) in [7, 11) is 6.39. The molecule has 7 heteroatoms. The van der Waals surface area contributed by atoms with Crippen molar-refractivity contribution in [2.45, 2.75) is 100 Å². The van der Waals surface area contributed by atoms with Gasteiger partial charge in [-0.2, -0.15) is 5.10 Å². The number of rotatable bonds is 2. The summed E-state index contributed by atoms with van der Waals surface area (Å²) in [4.78, 5) is 17.8. The number of fused-ring (bicyclic) bond motifs is 5. The fourth-order valence-electron chi connectivity index (χ4n) is 7.03. The topological polar surface area (TPSA) is 79.4 Å². The van der Waals surface area contributed by atoms with E-state index in [1.807, 2.05) is 31.3 Å². The van der Waals surface area contributed by atoms with E-state index in [0.717, 1.165) is 35.8 Å². The first-order valence-corrected chi connectivity index (χ1v) is 13.3. The van der Waals surface area contributed by atoms with Gasteiger partial charge in [0.1, 0.15) is 0 Å². The number of nitrogens with zero attached hydrogens (tertiary/aromatic N) is 4. The van der Waals surface area contributed by atoms with Crippen LogP contribution in [0.15, 0.2) is 24.3 Å². The lowest BCUT2D eigenvalue weighted by atomic mass is 9.82. The van der Waals surface area contributed by atoms with Gasteiger partial charge in [-0.25, -0.2) is 0 Å². The number of hydrogen-bond donors (Lipinski definition) is 2. The van der Waals surface area contributed by atoms with Gasteiger partial charge in [0.05, 0.1) is 5.52 Å². The predicted octanol–water partition coefficient (Wildman–Crippen LogP) is 3.28. The molecular formula is C27H42N6O. The molecule has 1 aromatic carbocycles. The summed E-state index contributed by atoms with van der Waals surface area (Å²) in [6.45, 7) is 0. The van der Waals surface area contributed by atoms with Crippen LogP contribution < -0.4 is 11.1 Å². The van der Waals surface area contributed by atoms with Gasteiger partial charge in [0.25, 0.3) is 5.91 Å². The molecule has 1 amide bonds. The minimum absolute atomic E-state index is 0.0329. The molecule has 1 aromatic heterocycles. The summed E-state index contributed by atoms with van der Waals surface area (Å²) in [6, 6.07) is 11.5. The minimum atomic E-state index is -0.0329. The summed E-state index contributed by atoms with van der Waals surface area (Å²) in [5.41, 5.74) is 7.51. The van der Waals surface area contributed by atoms with E-state index in [9.17, 15) is 4.79 Å². The Labute approximate surface area is 204 Å². The highest BCUT2D eigenvalue weighted by Crippen LogP contribution is 2.33. The maximum absolute atomic E-state index is 12.7. The maximum Gasteiger partial charge on any atom is 0.272 e. The lowest BCUT2D eigenvalue weighted by molar-refractivity contribution is 0.0462. The number of hydrogen-bond acceptors (Lipinski definition) is 5. The Bertz CT molecular complexity index is 976. The van der Waals surface area contributed by atoms with Crippen molar-refractivity contribution in [3.63, 3.8) is 0 Å². The lowest BCUT2D eigenvalue weighted by Gasteiger charge is -2.47. The van der Waals surface area contributed by atoms with Gasteiger partial charge in [-0.05, 0) is 71.5 Å². The van der Waals surface area contributed by atoms with E-state index in [-0.39, 0.29) is 11.9 Å². The fourth-order valence-corrected chi connectivity index (χ4v) is 7.03. The number of aryl methyl sites for hydroxylation is 1. The highest BCUT2D eigenvalue weighted by Gasteiger charge is 2.37. The van der Waals surface area contributed by atoms with Crippen LogP contribution in [0.3, 0.4) is 0 Å². The molecule has 7 nitrogen and oxygen atoms in total. The largest absolute Gasteiger partial charge is 0.348 e. The molecule has 0 unspecified atom stereocenters. The van der Waals surface area contributed by atoms with Crippen molar-refractivity contribution < 1.29 is 4.79 Å². The number of para-hydroxylation sites is 1. The number of carbonyl (C=O) groups is 1. The van der Waals surface area contributed by atoms with Crippen LogP contribution >= 0.6 is 0 Å². The van der Waals surface area contributed by atoms with Crippen molar-refractivity contribution in [2.75, 3.05) is 14.1 Å². The Hall–Kier alpha value is -1.96. The zero-order chi connectivity index (χ0) is 23.8. The van der Waals surface area contributed by atoms with Crippen LogP contribution in [-0.2, 0) is 7.05 Å². The number of benzene rings is 1. The molecule has 4 bridgehead atoms. The van der Waals surface area contributed by atoms with Crippen LogP contribution in [0.4, 0.5) is 0 Å². The van der Waals surface area contributed by atoms with Gasteiger partial charge < -0.3 is 20.9 Å². The summed E-state index contributed by atoms with van der Waals surface area (Å²) in [5, 5.41) is 8.62. The second-order valence-corrected chi connectivity index (χ2v) is 11.2. The third-order valence-corrected chi connectivity index (χ3v) is 9.02. The molecule has 34 heavy (non-hydrogen) atoms. The third kappa shape index (κ3) is 4.75. The van der Waals surface area contributed by atoms with Gasteiger partial charge in [-0.1, -0.05) is 31.0 Å². The van der Waals surface area contributed by atoms with E-state index in [1.165, 1.54) is 51.4 Å². The van der Waals surface area contributed by atoms with E-state index in [1.54, 1.807) is 4.68 Å². The quantitative estimate of drug-likeness (QED) is 0.710. The summed E-state index contributed by atoms with van der Waals surface area (Å²) in [6.07, 6.45) is 12.6. The Morgan fingerprint density at radius 1 is 0.882 bits per heavy atom. The Balaban J connectivity index is 0.000000183. The Morgan fingerprint density at radius 3 is 2.00 bits per heavy atom. The normalized spacial score (nSPS) is 33.8. The molecule has 0 spiro atoms. The highest BCUT2D eigenvalue weighted by molar-refractivity contribution is 6.04. The van der Waals surface area contributed by atoms with Gasteiger partial charge in [0, 0.05) is 48.7 Å². The third-order valence-electron chi connectivity index (χ3n) is 9.02. The standard InChI is InChI=1S/C18H24N4O.C9H18N2/c1-21-13-6-5-7-14(21)11-12(10-13)19-18(23)17-15-8-3-4-9-16(15)22(2)20-17;1-11-8-3-2-4-9(11)6-7(10)5-8/h3-4,8-9,12-14H,5-7,10-11H2,1-2H3,(H,19,23);7-9H,2-6,10H2,1H3/t12-,13+,14-;7-,8-,9+. The van der Waals surface area contributed by atoms with Gasteiger partial charge in [-0.15, -0.1) is 0 Å². The summed E-state index contributed by atoms with van der Waals surface area (Å²) < 4.78 is 1.79. The Kier molecular flexibility index (Phi) is 6.96. The predicted molar refractivity (Wildman–Crippen MR) is 137 cm³/mol. The average Bonchev–Trinajstić information content (AvgIpc) is 3.13. The van der Waals surface area contributed by atoms with Crippen LogP contribution in [0.2, 0.25) is 0 Å². The van der Waals surface area contributed by atoms with Crippen molar-refractivity contribution in [3.05, 3.63) is 30.0 Å². The molecule has 0 radical (unpaired) electrons. The number of carbonyl (C=O) groups excluding carboxylic acids is 1. The highest BCUT2D eigenvalue weighted by atomic mass is 16.2. The minimum Gasteiger partial charge on any atom is -0.348 e. The zero-order valence-corrected chi connectivity index (χ0v) is 21.1. The molecule has 4 saturated heterocycles. The fraction of sp³-hybridized carbons (Fsp3) is 0.704. The SMILES string of the molecule is CN1[C@@H]2CCC[C@H]1C[C@@H](NC(=O)c1nn(C)c3ccccc13)C2.CN1[C@@H]2CCC[C@H]1C[C@H](N)C2. The number of amides is 1. The van der Waals surface area contributed by atoms with Crippen LogP contribution in [0.25, 0.3) is 10.9 Å². The van der Waals surface area contributed by atoms with Crippen molar-refractivity contribution in [1.29, 1.82) is 0 Å². The molecule has 6 atom stereocenters. The monoisotopic (exact) mass is 466 g/mol. The van der Waals surface area contributed by atoms with Gasteiger partial charge in [0.15, 0.2) is 5.69 Å². The van der Waals surface area contributed by atoms with E-state index >= 15 is 0 Å². The summed E-state index contributed by atoms with van der Waals surface area (Å²) >= 11 is 0. The summed E-state index contributed by atoms with van der Waals surface area (Å²) in [5.74, 6) is -0.0329. The van der Waals surface area contributed by atoms with Crippen LogP contribution in [0.5, 0.6) is 0 Å². The molecular weight excluding hydrogens is 424 g/mol. The van der Waals surface area contributed by atoms with E-state index in [2.05, 4.69) is 34.3 Å². The van der Waals surface area contributed by atoms with Crippen molar-refractivity contribution >= 4 is 16.8 Å². The average molecular weight is 467 g/mol. The van der Waals surface area contributed by atoms with E-state index in [0.29, 0.717) is 23.8 Å². The number of nitrogens with one attached hydrogen (secondary N) is 1. The molecule has 0 aliphatic carbocycles. The second kappa shape index (κ2) is 9.96. The molecule has 4 fully saturated rings. The zero-order valence-electron chi connectivity index (χ0n) is 21.1. The van der Waals surface area contributed by atoms with Crippen LogP contribution in [0.1, 0.15) is 74.7 Å². The smallest absolute Gasteiger partial charge is 0.272 e. The molecule has 0 saturated carbocycles. The van der Waals surface area contributed by atoms with Crippen LogP contribution in [-0.4, -0.2) is 75.8 Å². The Morgan fingerprint density at radius 2 is 1.41 bits per heavy atom. The molecule has 4 aliphatic rings. The lowest BCUT2D eigenvalue weighted by Crippen LogP contribution is -2.55. The molecule has 4 aliphatic heterocycles. The number of aromatic nitrogens is 2. The van der Waals surface area contributed by atoms with E-state index < -0.39 is 0 Å². The van der Waals surface area contributed by atoms with E-state index in [4.69, 9.17) is 5.73 Å². The number of nitrogens with two attached hydrogens (primary N) is 1.